The number of hydrogen-bond donors (Lipinski definition) is 1. The van der Waals surface area contributed by atoms with Crippen LogP contribution in [0.3, 0.4) is 0 Å². The van der Waals surface area contributed by atoms with Crippen molar-refractivity contribution in [3.63, 3.8) is 0 Å². The van der Waals surface area contributed by atoms with E-state index in [9.17, 15) is 31.1 Å². The highest BCUT2D eigenvalue weighted by Gasteiger charge is 2.39. The Kier molecular flexibility index (Phi) is 6.50. The summed E-state index contributed by atoms with van der Waals surface area (Å²) in [6.07, 6.45) is -8.16. The molecule has 1 atom stereocenters. The second kappa shape index (κ2) is 8.16. The molecule has 0 amide bonds. The van der Waals surface area contributed by atoms with Gasteiger partial charge in [0, 0.05) is 9.50 Å². The first-order valence-electron chi connectivity index (χ1n) is 7.44. The van der Waals surface area contributed by atoms with Crippen LogP contribution in [0.1, 0.15) is 33.0 Å². The third-order valence-corrected chi connectivity index (χ3v) is 4.33. The van der Waals surface area contributed by atoms with Crippen LogP contribution in [0, 0.1) is 0 Å². The minimum atomic E-state index is -4.97. The van der Waals surface area contributed by atoms with Gasteiger partial charge >= 0.3 is 18.3 Å². The summed E-state index contributed by atoms with van der Waals surface area (Å²) in [6, 6.07) is 5.87. The number of rotatable bonds is 4. The van der Waals surface area contributed by atoms with Crippen LogP contribution in [-0.4, -0.2) is 17.3 Å². The lowest BCUT2D eigenvalue weighted by Crippen LogP contribution is -2.19. The van der Waals surface area contributed by atoms with Crippen LogP contribution >= 0.6 is 27.5 Å². The van der Waals surface area contributed by atoms with Crippen molar-refractivity contribution in [2.24, 2.45) is 0 Å². The van der Waals surface area contributed by atoms with E-state index >= 15 is 0 Å². The number of hydrogen-bond acceptors (Lipinski definition) is 1. The van der Waals surface area contributed by atoms with Gasteiger partial charge < -0.3 is 5.11 Å². The van der Waals surface area contributed by atoms with Crippen molar-refractivity contribution < 1.29 is 36.2 Å². The summed E-state index contributed by atoms with van der Waals surface area (Å²) in [6.45, 7) is 0. The SMILES string of the molecule is O=C(O)c1ccc(/C=C/C(c2cc(Cl)cc(Br)c2)C(F)(F)F)cc1C(F)(F)F. The largest absolute Gasteiger partial charge is 0.478 e. The average molecular weight is 488 g/mol. The molecule has 2 rings (SSSR count). The fourth-order valence-corrected chi connectivity index (χ4v) is 3.34. The minimum absolute atomic E-state index is 0.0530. The molecule has 0 spiro atoms. The van der Waals surface area contributed by atoms with E-state index in [1.165, 1.54) is 12.1 Å². The van der Waals surface area contributed by atoms with Crippen LogP contribution in [-0.2, 0) is 6.18 Å². The van der Waals surface area contributed by atoms with Crippen molar-refractivity contribution in [2.75, 3.05) is 0 Å². The van der Waals surface area contributed by atoms with Crippen molar-refractivity contribution in [2.45, 2.75) is 18.3 Å². The number of benzene rings is 2. The van der Waals surface area contributed by atoms with Crippen LogP contribution in [0.2, 0.25) is 5.02 Å². The first kappa shape index (κ1) is 22.3. The van der Waals surface area contributed by atoms with E-state index in [1.54, 1.807) is 0 Å². The normalized spacial score (nSPS) is 13.7. The first-order chi connectivity index (χ1) is 12.8. The van der Waals surface area contributed by atoms with Crippen LogP contribution in [0.4, 0.5) is 26.3 Å². The van der Waals surface area contributed by atoms with Crippen LogP contribution in [0.5, 0.6) is 0 Å². The van der Waals surface area contributed by atoms with Gasteiger partial charge in [-0.15, -0.1) is 0 Å². The first-order valence-corrected chi connectivity index (χ1v) is 8.61. The van der Waals surface area contributed by atoms with Crippen molar-refractivity contribution in [3.05, 3.63) is 74.2 Å². The maximum absolute atomic E-state index is 13.4. The molecule has 0 bridgehead atoms. The number of halogens is 8. The predicted molar refractivity (Wildman–Crippen MR) is 95.4 cm³/mol. The second-order valence-electron chi connectivity index (χ2n) is 5.69. The van der Waals surface area contributed by atoms with Gasteiger partial charge in [-0.3, -0.25) is 0 Å². The summed E-state index contributed by atoms with van der Waals surface area (Å²) in [7, 11) is 0. The van der Waals surface area contributed by atoms with Gasteiger partial charge in [-0.1, -0.05) is 45.7 Å². The molecule has 0 radical (unpaired) electrons. The Morgan fingerprint density at radius 3 is 2.21 bits per heavy atom. The van der Waals surface area contributed by atoms with Crippen LogP contribution < -0.4 is 0 Å². The summed E-state index contributed by atoms with van der Waals surface area (Å²) in [5, 5.41) is 8.91. The number of carboxylic acids is 1. The maximum Gasteiger partial charge on any atom is 0.417 e. The quantitative estimate of drug-likeness (QED) is 0.464. The molecular formula is C18H10BrClF6O2. The smallest absolute Gasteiger partial charge is 0.417 e. The standard InChI is InChI=1S/C18H10BrClF6O2/c19-11-6-10(7-12(20)8-11)14(17(21,22)23)4-2-9-1-3-13(16(27)28)15(5-9)18(24,25)26/h1-8,14H,(H,27,28)/b4-2+. The number of alkyl halides is 6. The minimum Gasteiger partial charge on any atom is -0.478 e. The van der Waals surface area contributed by atoms with E-state index in [0.717, 1.165) is 18.2 Å². The summed E-state index contributed by atoms with van der Waals surface area (Å²) >= 11 is 8.82. The third kappa shape index (κ3) is 5.51. The van der Waals surface area contributed by atoms with Gasteiger partial charge in [0.25, 0.3) is 0 Å². The molecule has 2 aromatic carbocycles. The van der Waals surface area contributed by atoms with Crippen molar-refractivity contribution in [3.8, 4) is 0 Å². The van der Waals surface area contributed by atoms with Crippen molar-refractivity contribution in [1.29, 1.82) is 0 Å². The van der Waals surface area contributed by atoms with Gasteiger partial charge in [-0.2, -0.15) is 26.3 Å². The van der Waals surface area contributed by atoms with E-state index in [4.69, 9.17) is 16.7 Å². The molecule has 1 unspecified atom stereocenters. The molecule has 28 heavy (non-hydrogen) atoms. The lowest BCUT2D eigenvalue weighted by molar-refractivity contribution is -0.139. The molecule has 0 heterocycles. The number of carbonyl (C=O) groups is 1. The molecule has 2 nitrogen and oxygen atoms in total. The Labute approximate surface area is 168 Å². The molecule has 0 aliphatic carbocycles. The van der Waals surface area contributed by atoms with E-state index < -0.39 is 35.4 Å². The molecule has 10 heteroatoms. The highest BCUT2D eigenvalue weighted by atomic mass is 79.9. The molecule has 2 aromatic rings. The second-order valence-corrected chi connectivity index (χ2v) is 7.04. The third-order valence-electron chi connectivity index (χ3n) is 3.66. The molecule has 0 fully saturated rings. The average Bonchev–Trinajstić information content (AvgIpc) is 2.51. The van der Waals surface area contributed by atoms with E-state index in [1.807, 2.05) is 0 Å². The van der Waals surface area contributed by atoms with Gasteiger partial charge in [0.15, 0.2) is 0 Å². The van der Waals surface area contributed by atoms with Gasteiger partial charge in [0.05, 0.1) is 17.0 Å². The predicted octanol–water partition coefficient (Wildman–Crippen LogP) is 7.18. The van der Waals surface area contributed by atoms with Gasteiger partial charge in [-0.05, 0) is 41.5 Å². The Bertz CT molecular complexity index is 901. The fourth-order valence-electron chi connectivity index (χ4n) is 2.46. The van der Waals surface area contributed by atoms with Crippen molar-refractivity contribution in [1.82, 2.24) is 0 Å². The summed E-state index contributed by atoms with van der Waals surface area (Å²) in [4.78, 5) is 10.9. The highest BCUT2D eigenvalue weighted by molar-refractivity contribution is 9.10. The van der Waals surface area contributed by atoms with Gasteiger partial charge in [0.1, 0.15) is 0 Å². The fraction of sp³-hybridized carbons (Fsp3) is 0.167. The molecule has 0 aliphatic rings. The molecule has 1 N–H and O–H groups in total. The van der Waals surface area contributed by atoms with E-state index in [2.05, 4.69) is 15.9 Å². The number of aromatic carboxylic acids is 1. The Morgan fingerprint density at radius 1 is 1.07 bits per heavy atom. The Morgan fingerprint density at radius 2 is 1.71 bits per heavy atom. The topological polar surface area (TPSA) is 37.3 Å². The Hall–Kier alpha value is -2.00. The molecule has 0 saturated heterocycles. The monoisotopic (exact) mass is 486 g/mol. The molecule has 0 aromatic heterocycles. The summed E-state index contributed by atoms with van der Waals surface area (Å²) in [5.74, 6) is -3.92. The lowest BCUT2D eigenvalue weighted by atomic mass is 9.96. The maximum atomic E-state index is 13.4. The zero-order valence-corrected chi connectivity index (χ0v) is 15.9. The lowest BCUT2D eigenvalue weighted by Gasteiger charge is -2.18. The molecule has 0 aliphatic heterocycles. The highest BCUT2D eigenvalue weighted by Crippen LogP contribution is 2.39. The summed E-state index contributed by atoms with van der Waals surface area (Å²) in [5.41, 5.74) is -2.87. The van der Waals surface area contributed by atoms with Crippen LogP contribution in [0.15, 0.2) is 46.9 Å². The molecule has 150 valence electrons. The van der Waals surface area contributed by atoms with Crippen LogP contribution in [0.25, 0.3) is 6.08 Å². The van der Waals surface area contributed by atoms with E-state index in [0.29, 0.717) is 22.7 Å². The van der Waals surface area contributed by atoms with Gasteiger partial charge in [-0.25, -0.2) is 4.79 Å². The van der Waals surface area contributed by atoms with Gasteiger partial charge in [0.2, 0.25) is 0 Å². The number of allylic oxidation sites excluding steroid dienone is 1. The Balaban J connectivity index is 2.49. The zero-order valence-electron chi connectivity index (χ0n) is 13.6. The molecular weight excluding hydrogens is 478 g/mol. The number of carboxylic acid groups (broad SMARTS) is 1. The molecule has 0 saturated carbocycles. The zero-order chi connectivity index (χ0) is 21.3. The van der Waals surface area contributed by atoms with Crippen molar-refractivity contribution >= 4 is 39.6 Å². The summed E-state index contributed by atoms with van der Waals surface area (Å²) < 4.78 is 79.8. The van der Waals surface area contributed by atoms with E-state index in [-0.39, 0.29) is 16.1 Å².